The average Bonchev–Trinajstić information content (AvgIpc) is 2.80. The molecule has 9 heteroatoms. The molecule has 0 bridgehead atoms. The second-order valence-corrected chi connectivity index (χ2v) is 7.31. The number of hydrogen-bond acceptors (Lipinski definition) is 8. The van der Waals surface area contributed by atoms with Crippen LogP contribution < -0.4 is 20.1 Å². The maximum Gasteiger partial charge on any atom is 0.269 e. The van der Waals surface area contributed by atoms with E-state index in [2.05, 4.69) is 25.1 Å². The Morgan fingerprint density at radius 3 is 2.48 bits per heavy atom. The molecule has 1 saturated heterocycles. The van der Waals surface area contributed by atoms with Crippen molar-refractivity contribution >= 4 is 11.7 Å². The molecule has 1 aliphatic heterocycles. The van der Waals surface area contributed by atoms with E-state index in [1.165, 1.54) is 0 Å². The lowest BCUT2D eigenvalue weighted by Gasteiger charge is -2.33. The fraction of sp³-hybridized carbons (Fsp3) is 0.318. The van der Waals surface area contributed by atoms with Crippen LogP contribution in [-0.2, 0) is 0 Å². The fourth-order valence-electron chi connectivity index (χ4n) is 3.79. The summed E-state index contributed by atoms with van der Waals surface area (Å²) in [5, 5.41) is 8.49. The monoisotopic (exact) mass is 420 g/mol. The normalized spacial score (nSPS) is 14.3. The summed E-state index contributed by atoms with van der Waals surface area (Å²) in [7, 11) is 1.58. The SMILES string of the molecule is COc1ccc(OC2CCN(c3nnc(C(N)=O)c(-c4ccncc4)c3C)CC2)cn1. The molecule has 1 fully saturated rings. The quantitative estimate of drug-likeness (QED) is 0.646. The van der Waals surface area contributed by atoms with E-state index in [-0.39, 0.29) is 11.8 Å². The standard InChI is InChI=1S/C22H24N6O3/c1-14-19(15-5-9-24-10-6-15)20(21(23)29)26-27-22(14)28-11-7-16(8-12-28)31-17-3-4-18(30-2)25-13-17/h3-6,9-10,13,16H,7-8,11-12H2,1-2H3,(H2,23,29). The minimum Gasteiger partial charge on any atom is -0.489 e. The van der Waals surface area contributed by atoms with Crippen LogP contribution in [0.3, 0.4) is 0 Å². The molecule has 3 aromatic heterocycles. The van der Waals surface area contributed by atoms with Crippen LogP contribution >= 0.6 is 0 Å². The zero-order chi connectivity index (χ0) is 21.8. The fourth-order valence-corrected chi connectivity index (χ4v) is 3.79. The third-order valence-electron chi connectivity index (χ3n) is 5.36. The van der Waals surface area contributed by atoms with Gasteiger partial charge < -0.3 is 20.1 Å². The van der Waals surface area contributed by atoms with E-state index in [9.17, 15) is 4.79 Å². The summed E-state index contributed by atoms with van der Waals surface area (Å²) in [4.78, 5) is 22.4. The molecule has 9 nitrogen and oxygen atoms in total. The first-order valence-corrected chi connectivity index (χ1v) is 10.1. The largest absolute Gasteiger partial charge is 0.489 e. The van der Waals surface area contributed by atoms with Crippen molar-refractivity contribution in [2.24, 2.45) is 5.73 Å². The summed E-state index contributed by atoms with van der Waals surface area (Å²) < 4.78 is 11.1. The molecule has 4 heterocycles. The minimum absolute atomic E-state index is 0.0873. The van der Waals surface area contributed by atoms with Gasteiger partial charge in [0.05, 0.1) is 13.3 Å². The number of carbonyl (C=O) groups excluding carboxylic acids is 1. The van der Waals surface area contributed by atoms with Gasteiger partial charge in [0.25, 0.3) is 5.91 Å². The number of amides is 1. The lowest BCUT2D eigenvalue weighted by molar-refractivity contribution is 0.0995. The Kier molecular flexibility index (Phi) is 5.92. The van der Waals surface area contributed by atoms with E-state index >= 15 is 0 Å². The predicted molar refractivity (Wildman–Crippen MR) is 115 cm³/mol. The first-order valence-electron chi connectivity index (χ1n) is 10.1. The number of piperidine rings is 1. The molecule has 0 atom stereocenters. The Balaban J connectivity index is 1.51. The minimum atomic E-state index is -0.603. The highest BCUT2D eigenvalue weighted by molar-refractivity contribution is 5.99. The van der Waals surface area contributed by atoms with Gasteiger partial charge in [-0.05, 0) is 30.7 Å². The molecule has 0 saturated carbocycles. The van der Waals surface area contributed by atoms with Gasteiger partial charge in [-0.2, -0.15) is 0 Å². The number of methoxy groups -OCH3 is 1. The number of primary amides is 1. The van der Waals surface area contributed by atoms with Crippen LogP contribution in [0.15, 0.2) is 42.9 Å². The van der Waals surface area contributed by atoms with Crippen molar-refractivity contribution < 1.29 is 14.3 Å². The number of aromatic nitrogens is 4. The van der Waals surface area contributed by atoms with Crippen LogP contribution in [0.2, 0.25) is 0 Å². The van der Waals surface area contributed by atoms with E-state index in [4.69, 9.17) is 15.2 Å². The highest BCUT2D eigenvalue weighted by atomic mass is 16.5. The Hall–Kier alpha value is -3.75. The lowest BCUT2D eigenvalue weighted by atomic mass is 9.99. The van der Waals surface area contributed by atoms with Crippen LogP contribution in [0, 0.1) is 6.92 Å². The molecule has 0 radical (unpaired) electrons. The van der Waals surface area contributed by atoms with E-state index in [1.54, 1.807) is 31.8 Å². The molecular formula is C22H24N6O3. The second kappa shape index (κ2) is 8.95. The van der Waals surface area contributed by atoms with E-state index in [1.807, 2.05) is 25.1 Å². The van der Waals surface area contributed by atoms with Gasteiger partial charge in [-0.1, -0.05) is 0 Å². The third-order valence-corrected chi connectivity index (χ3v) is 5.36. The molecule has 1 aliphatic rings. The topological polar surface area (TPSA) is 116 Å². The number of pyridine rings is 2. The number of ether oxygens (including phenoxy) is 2. The van der Waals surface area contributed by atoms with E-state index < -0.39 is 5.91 Å². The van der Waals surface area contributed by atoms with Crippen molar-refractivity contribution in [2.45, 2.75) is 25.9 Å². The van der Waals surface area contributed by atoms with Gasteiger partial charge in [-0.25, -0.2) is 4.98 Å². The number of carbonyl (C=O) groups is 1. The maximum absolute atomic E-state index is 12.0. The first kappa shape index (κ1) is 20.5. The molecule has 31 heavy (non-hydrogen) atoms. The Bertz CT molecular complexity index is 1050. The summed E-state index contributed by atoms with van der Waals surface area (Å²) in [5.74, 6) is 1.43. The molecule has 2 N–H and O–H groups in total. The van der Waals surface area contributed by atoms with E-state index in [0.29, 0.717) is 11.4 Å². The van der Waals surface area contributed by atoms with Crippen LogP contribution in [0.4, 0.5) is 5.82 Å². The maximum atomic E-state index is 12.0. The number of hydrogen-bond donors (Lipinski definition) is 1. The van der Waals surface area contributed by atoms with Crippen LogP contribution in [0.25, 0.3) is 11.1 Å². The number of rotatable bonds is 6. The lowest BCUT2D eigenvalue weighted by Crippen LogP contribution is -2.39. The van der Waals surface area contributed by atoms with Crippen molar-refractivity contribution in [3.63, 3.8) is 0 Å². The van der Waals surface area contributed by atoms with Crippen molar-refractivity contribution in [3.8, 4) is 22.8 Å². The number of nitrogens with zero attached hydrogens (tertiary/aromatic N) is 5. The summed E-state index contributed by atoms with van der Waals surface area (Å²) in [6, 6.07) is 7.31. The Labute approximate surface area is 180 Å². The highest BCUT2D eigenvalue weighted by Gasteiger charge is 2.26. The average molecular weight is 420 g/mol. The number of nitrogens with two attached hydrogens (primary N) is 1. The van der Waals surface area contributed by atoms with Gasteiger partial charge >= 0.3 is 0 Å². The van der Waals surface area contributed by atoms with Gasteiger partial charge in [-0.3, -0.25) is 9.78 Å². The van der Waals surface area contributed by atoms with Gasteiger partial charge in [-0.15, -0.1) is 10.2 Å². The van der Waals surface area contributed by atoms with Gasteiger partial charge in [0, 0.05) is 55.5 Å². The first-order chi connectivity index (χ1) is 15.1. The molecule has 0 aliphatic carbocycles. The Morgan fingerprint density at radius 2 is 1.87 bits per heavy atom. The smallest absolute Gasteiger partial charge is 0.269 e. The molecular weight excluding hydrogens is 396 g/mol. The van der Waals surface area contributed by atoms with Crippen molar-refractivity contribution in [2.75, 3.05) is 25.1 Å². The predicted octanol–water partition coefficient (Wildman–Crippen LogP) is 2.40. The molecule has 160 valence electrons. The zero-order valence-corrected chi connectivity index (χ0v) is 17.5. The second-order valence-electron chi connectivity index (χ2n) is 7.31. The number of anilines is 1. The van der Waals surface area contributed by atoms with Crippen LogP contribution in [0.5, 0.6) is 11.6 Å². The molecule has 0 aromatic carbocycles. The highest BCUT2D eigenvalue weighted by Crippen LogP contribution is 2.32. The van der Waals surface area contributed by atoms with Gasteiger partial charge in [0.15, 0.2) is 11.5 Å². The summed E-state index contributed by atoms with van der Waals surface area (Å²) in [6.07, 6.45) is 6.77. The summed E-state index contributed by atoms with van der Waals surface area (Å²) >= 11 is 0. The molecule has 1 amide bonds. The van der Waals surface area contributed by atoms with Crippen LogP contribution in [0.1, 0.15) is 28.9 Å². The van der Waals surface area contributed by atoms with E-state index in [0.717, 1.165) is 48.6 Å². The molecule has 3 aromatic rings. The van der Waals surface area contributed by atoms with Crippen molar-refractivity contribution in [1.29, 1.82) is 0 Å². The zero-order valence-electron chi connectivity index (χ0n) is 17.5. The van der Waals surface area contributed by atoms with Crippen molar-refractivity contribution in [1.82, 2.24) is 20.2 Å². The van der Waals surface area contributed by atoms with Crippen LogP contribution in [-0.4, -0.2) is 52.4 Å². The summed E-state index contributed by atoms with van der Waals surface area (Å²) in [6.45, 7) is 3.46. The molecule has 4 rings (SSSR count). The summed E-state index contributed by atoms with van der Waals surface area (Å²) in [5.41, 5.74) is 8.13. The van der Waals surface area contributed by atoms with Gasteiger partial charge in [0.1, 0.15) is 11.9 Å². The third kappa shape index (κ3) is 4.40. The van der Waals surface area contributed by atoms with Gasteiger partial charge in [0.2, 0.25) is 5.88 Å². The molecule has 0 spiro atoms. The Morgan fingerprint density at radius 1 is 1.13 bits per heavy atom. The molecule has 0 unspecified atom stereocenters. The van der Waals surface area contributed by atoms with Crippen molar-refractivity contribution in [3.05, 3.63) is 54.1 Å².